The summed E-state index contributed by atoms with van der Waals surface area (Å²) in [6, 6.07) is 147. The van der Waals surface area contributed by atoms with Crippen molar-refractivity contribution in [3.63, 3.8) is 0 Å². The first-order valence-corrected chi connectivity index (χ1v) is 58.3. The summed E-state index contributed by atoms with van der Waals surface area (Å²) in [6.07, 6.45) is 50.4. The van der Waals surface area contributed by atoms with Crippen LogP contribution in [0.15, 0.2) is 376 Å². The molecule has 0 unspecified atom stereocenters. The van der Waals surface area contributed by atoms with E-state index in [1.54, 1.807) is 7.11 Å². The van der Waals surface area contributed by atoms with Gasteiger partial charge in [0.25, 0.3) is 0 Å². The van der Waals surface area contributed by atoms with Crippen LogP contribution in [-0.4, -0.2) is 24.9 Å². The molecule has 0 amide bonds. The average molecular weight is 1960 g/mol. The smallest absolute Gasteiger partial charge is 0.119 e. The van der Waals surface area contributed by atoms with E-state index >= 15 is 0 Å². The molecule has 6 fully saturated rings. The van der Waals surface area contributed by atoms with E-state index in [0.717, 1.165) is 110 Å². The molecule has 0 radical (unpaired) electrons. The van der Waals surface area contributed by atoms with Crippen molar-refractivity contribution in [1.29, 1.82) is 0 Å². The number of methoxy groups -OCH3 is 1. The van der Waals surface area contributed by atoms with Crippen LogP contribution in [0.3, 0.4) is 0 Å². The quantitative estimate of drug-likeness (QED) is 0.0286. The van der Waals surface area contributed by atoms with E-state index in [4.69, 9.17) is 14.2 Å². The minimum atomic E-state index is -0.419. The van der Waals surface area contributed by atoms with Crippen LogP contribution < -0.4 is 14.2 Å². The predicted molar refractivity (Wildman–Crippen MR) is 626 cm³/mol. The van der Waals surface area contributed by atoms with Crippen LogP contribution in [0.2, 0.25) is 0 Å². The molecule has 16 aromatic rings. The monoisotopic (exact) mass is 1960 g/mol. The molecule has 0 spiro atoms. The van der Waals surface area contributed by atoms with E-state index in [1.807, 2.05) is 0 Å². The Labute approximate surface area is 891 Å². The summed E-state index contributed by atoms with van der Waals surface area (Å²) >= 11 is 0. The Morgan fingerprint density at radius 2 is 0.362 bits per heavy atom. The lowest BCUT2D eigenvalue weighted by Crippen LogP contribution is -2.29. The standard InChI is InChI=1S/C145H155NO3/c1-147-139-98-92-138(93-99-139)146-142(130-76-94-140(95-77-130)148-104-26-4-2-24-102-144(132-80-64-124(65-81-132)118-52-40-112(41-53-118)106-28-12-6-13-29-106,133-82-66-125(67-83-133)119-54-42-113(43-55-119)107-30-14-7-15-31-107)134-84-68-126(69-85-134)120-56-44-114(45-57-120)108-32-16-8-17-33-108)100-101-143(146)131-78-96-141(97-79-131)149-105-27-5-3-25-103-145(135-86-70-127(71-87-135)121-58-46-115(47-59-121)109-34-18-9-19-35-109,136-88-72-128(73-89-136)122-60-48-116(49-61-122)110-36-20-10-21-37-110)137-90-74-129(75-91-137)123-62-50-117(51-63-123)111-38-22-11-23-39-111/h40-101,106-111H,2-39,102-105H2,1H3. The first-order chi connectivity index (χ1) is 73.7. The Kier molecular flexibility index (Phi) is 32.9. The first-order valence-electron chi connectivity index (χ1n) is 58.3. The largest absolute Gasteiger partial charge is 0.497 e. The van der Waals surface area contributed by atoms with Crippen LogP contribution in [0.4, 0.5) is 0 Å². The van der Waals surface area contributed by atoms with E-state index in [0.29, 0.717) is 48.7 Å². The van der Waals surface area contributed by atoms with Crippen LogP contribution in [0.25, 0.3) is 95.0 Å². The molecule has 0 saturated heterocycles. The molecule has 0 aliphatic heterocycles. The number of rotatable bonds is 38. The minimum Gasteiger partial charge on any atom is -0.497 e. The lowest BCUT2D eigenvalue weighted by molar-refractivity contribution is 0.303. The van der Waals surface area contributed by atoms with E-state index in [1.165, 1.54) is 326 Å². The third-order valence-corrected chi connectivity index (χ3v) is 36.1. The lowest BCUT2D eigenvalue weighted by atomic mass is 9.66. The van der Waals surface area contributed by atoms with Crippen LogP contribution >= 0.6 is 0 Å². The molecule has 22 rings (SSSR count). The molecule has 0 bridgehead atoms. The number of ether oxygens (including phenoxy) is 3. The fraction of sp³-hybridized carbons (Fsp3) is 0.352. The van der Waals surface area contributed by atoms with Gasteiger partial charge in [0.1, 0.15) is 17.2 Å². The Bertz CT molecular complexity index is 5960. The zero-order chi connectivity index (χ0) is 100. The number of nitrogens with zero attached hydrogens (tertiary/aromatic N) is 1. The zero-order valence-corrected chi connectivity index (χ0v) is 88.6. The van der Waals surface area contributed by atoms with Crippen molar-refractivity contribution in [1.82, 2.24) is 4.57 Å². The zero-order valence-electron chi connectivity index (χ0n) is 88.6. The highest BCUT2D eigenvalue weighted by Crippen LogP contribution is 2.51. The highest BCUT2D eigenvalue weighted by Gasteiger charge is 2.39. The fourth-order valence-electron chi connectivity index (χ4n) is 27.3. The third kappa shape index (κ3) is 23.6. The topological polar surface area (TPSA) is 32.6 Å². The van der Waals surface area contributed by atoms with Crippen LogP contribution in [-0.2, 0) is 10.8 Å². The molecular formula is C145H155NO3. The second-order valence-electron chi connectivity index (χ2n) is 45.2. The summed E-state index contributed by atoms with van der Waals surface area (Å²) in [5, 5.41) is 0. The molecule has 758 valence electrons. The van der Waals surface area contributed by atoms with Crippen molar-refractivity contribution in [2.75, 3.05) is 20.3 Å². The normalized spacial score (nSPS) is 16.1. The van der Waals surface area contributed by atoms with Crippen LogP contribution in [0, 0.1) is 0 Å². The Hall–Kier alpha value is -13.0. The highest BCUT2D eigenvalue weighted by molar-refractivity contribution is 5.77. The third-order valence-electron chi connectivity index (χ3n) is 36.1. The molecule has 1 aromatic heterocycles. The fourth-order valence-corrected chi connectivity index (χ4v) is 27.3. The molecule has 15 aromatic carbocycles. The van der Waals surface area contributed by atoms with Crippen molar-refractivity contribution >= 4 is 0 Å². The van der Waals surface area contributed by atoms with Gasteiger partial charge in [0.2, 0.25) is 0 Å². The van der Waals surface area contributed by atoms with Crippen molar-refractivity contribution in [3.8, 4) is 112 Å². The van der Waals surface area contributed by atoms with Crippen LogP contribution in [0.5, 0.6) is 17.2 Å². The van der Waals surface area contributed by atoms with E-state index in [2.05, 4.69) is 381 Å². The molecule has 6 aliphatic rings. The van der Waals surface area contributed by atoms with E-state index < -0.39 is 10.8 Å². The van der Waals surface area contributed by atoms with Gasteiger partial charge < -0.3 is 18.8 Å². The first kappa shape index (κ1) is 101. The Balaban J connectivity index is 0.475. The second kappa shape index (κ2) is 48.7. The minimum absolute atomic E-state index is 0.419. The van der Waals surface area contributed by atoms with Gasteiger partial charge in [0, 0.05) is 16.5 Å². The number of hydrogen-bond donors (Lipinski definition) is 0. The molecule has 0 atom stereocenters. The van der Waals surface area contributed by atoms with Gasteiger partial charge in [-0.05, 0) is 368 Å². The summed E-state index contributed by atoms with van der Waals surface area (Å²) in [7, 11) is 1.74. The lowest BCUT2D eigenvalue weighted by Gasteiger charge is -2.37. The van der Waals surface area contributed by atoms with E-state index in [-0.39, 0.29) is 0 Å². The molecule has 6 saturated carbocycles. The molecular weight excluding hydrogens is 1800 g/mol. The Morgan fingerprint density at radius 1 is 0.181 bits per heavy atom. The Morgan fingerprint density at radius 3 is 0.564 bits per heavy atom. The maximum atomic E-state index is 6.69. The van der Waals surface area contributed by atoms with Crippen molar-refractivity contribution in [3.05, 3.63) is 443 Å². The number of hydrogen-bond acceptors (Lipinski definition) is 3. The van der Waals surface area contributed by atoms with Crippen molar-refractivity contribution < 1.29 is 14.2 Å². The van der Waals surface area contributed by atoms with Gasteiger partial charge in [-0.2, -0.15) is 0 Å². The highest BCUT2D eigenvalue weighted by atomic mass is 16.5. The maximum absolute atomic E-state index is 6.69. The van der Waals surface area contributed by atoms with Crippen molar-refractivity contribution in [2.45, 2.75) is 303 Å². The van der Waals surface area contributed by atoms with Gasteiger partial charge in [-0.15, -0.1) is 0 Å². The summed E-state index contributed by atoms with van der Waals surface area (Å²) in [5.74, 6) is 6.71. The number of aromatic nitrogens is 1. The molecule has 4 nitrogen and oxygen atoms in total. The SMILES string of the molecule is COc1ccc(-n2c(-c3ccc(OCCCCCCC(c4ccc(-c5ccc(C6CCCCC6)cc5)cc4)(c4ccc(-c5ccc(C6CCCCC6)cc5)cc4)c4ccc(-c5ccc(C6CCCCC6)cc5)cc4)cc3)ccc2-c2ccc(OCCCCCCC(c3ccc(-c4ccc(C5CCCCC5)cc4)cc3)(c3ccc(-c4ccc(C5CCCCC5)cc4)cc3)c3ccc(-c4ccc(C5CCCCC5)cc4)cc3)cc2)cc1. The van der Waals surface area contributed by atoms with Crippen LogP contribution in [0.1, 0.15) is 359 Å². The number of benzene rings is 15. The molecule has 4 heteroatoms. The van der Waals surface area contributed by atoms with Gasteiger partial charge in [-0.1, -0.05) is 445 Å². The summed E-state index contributed by atoms with van der Waals surface area (Å²) < 4.78 is 21.5. The van der Waals surface area contributed by atoms with E-state index in [9.17, 15) is 0 Å². The molecule has 149 heavy (non-hydrogen) atoms. The van der Waals surface area contributed by atoms with Gasteiger partial charge in [-0.25, -0.2) is 0 Å². The van der Waals surface area contributed by atoms with Gasteiger partial charge in [-0.3, -0.25) is 0 Å². The molecule has 1 heterocycles. The summed E-state index contributed by atoms with van der Waals surface area (Å²) in [5.41, 5.74) is 37.0. The molecule has 0 N–H and O–H groups in total. The predicted octanol–water partition coefficient (Wildman–Crippen LogP) is 40.8. The summed E-state index contributed by atoms with van der Waals surface area (Å²) in [4.78, 5) is 0. The van der Waals surface area contributed by atoms with Gasteiger partial charge in [0.15, 0.2) is 0 Å². The van der Waals surface area contributed by atoms with Gasteiger partial charge in [0.05, 0.1) is 31.7 Å². The van der Waals surface area contributed by atoms with Crippen molar-refractivity contribution in [2.24, 2.45) is 0 Å². The van der Waals surface area contributed by atoms with Gasteiger partial charge >= 0.3 is 0 Å². The molecule has 6 aliphatic carbocycles. The second-order valence-corrected chi connectivity index (χ2v) is 45.2. The summed E-state index contributed by atoms with van der Waals surface area (Å²) in [6.45, 7) is 1.30. The number of unbranched alkanes of at least 4 members (excludes halogenated alkanes) is 6. The average Bonchev–Trinajstić information content (AvgIpc) is 1.49. The maximum Gasteiger partial charge on any atom is 0.119 e.